The summed E-state index contributed by atoms with van der Waals surface area (Å²) in [6, 6.07) is 2.66. The lowest BCUT2D eigenvalue weighted by molar-refractivity contribution is -0.188. The van der Waals surface area contributed by atoms with E-state index in [1.54, 1.807) is 13.8 Å². The molecule has 130 valence electrons. The Labute approximate surface area is 133 Å². The Balaban J connectivity index is 0.000000924. The quantitative estimate of drug-likeness (QED) is 0.586. The van der Waals surface area contributed by atoms with Crippen molar-refractivity contribution < 1.29 is 27.0 Å². The molecule has 6 heteroatoms. The van der Waals surface area contributed by atoms with E-state index >= 15 is 0 Å². The van der Waals surface area contributed by atoms with Gasteiger partial charge in [0.25, 0.3) is 0 Å². The first-order valence-corrected chi connectivity index (χ1v) is 7.81. The molecule has 1 saturated heterocycles. The molecule has 0 bridgehead atoms. The Morgan fingerprint density at radius 1 is 1.17 bits per heavy atom. The molecule has 3 rings (SSSR count). The molecular formula is C17H22F4O2. The predicted molar refractivity (Wildman–Crippen MR) is 79.3 cm³/mol. The number of ether oxygens (including phenoxy) is 2. The lowest BCUT2D eigenvalue weighted by Crippen LogP contribution is -2.39. The first kappa shape index (κ1) is 18.0. The van der Waals surface area contributed by atoms with Crippen LogP contribution in [-0.2, 0) is 16.6 Å². The molecule has 0 amide bonds. The van der Waals surface area contributed by atoms with Gasteiger partial charge in [-0.1, -0.05) is 27.7 Å². The molecule has 2 nitrogen and oxygen atoms in total. The second-order valence-corrected chi connectivity index (χ2v) is 6.38. The topological polar surface area (TPSA) is 21.8 Å². The van der Waals surface area contributed by atoms with E-state index in [4.69, 9.17) is 9.47 Å². The van der Waals surface area contributed by atoms with E-state index in [1.807, 2.05) is 13.8 Å². The highest BCUT2D eigenvalue weighted by atomic mass is 19.4. The van der Waals surface area contributed by atoms with Crippen molar-refractivity contribution in [1.29, 1.82) is 0 Å². The molecule has 2 aliphatic rings. The van der Waals surface area contributed by atoms with Gasteiger partial charge in [-0.15, -0.1) is 0 Å². The van der Waals surface area contributed by atoms with E-state index < -0.39 is 23.0 Å². The van der Waals surface area contributed by atoms with Crippen molar-refractivity contribution in [3.05, 3.63) is 29.1 Å². The van der Waals surface area contributed by atoms with E-state index in [2.05, 4.69) is 0 Å². The third-order valence-electron chi connectivity index (χ3n) is 4.21. The summed E-state index contributed by atoms with van der Waals surface area (Å²) in [5.41, 5.74) is -1.80. The lowest BCUT2D eigenvalue weighted by Gasteiger charge is -2.31. The molecule has 0 unspecified atom stereocenters. The molecule has 1 aromatic carbocycles. The van der Waals surface area contributed by atoms with Crippen molar-refractivity contribution in [2.75, 3.05) is 13.2 Å². The van der Waals surface area contributed by atoms with Gasteiger partial charge < -0.3 is 9.47 Å². The zero-order valence-electron chi connectivity index (χ0n) is 13.8. The fourth-order valence-electron chi connectivity index (χ4n) is 3.03. The summed E-state index contributed by atoms with van der Waals surface area (Å²) >= 11 is 0. The molecule has 1 atom stereocenters. The smallest absolute Gasteiger partial charge is 0.419 e. The number of epoxide rings is 1. The molecule has 1 fully saturated rings. The summed E-state index contributed by atoms with van der Waals surface area (Å²) in [7, 11) is 0. The lowest BCUT2D eigenvalue weighted by atomic mass is 9.76. The standard InChI is InChI=1S/C15H16F4O2.C2H6/c1-13(2,7-14(8-21-14)15(17,18)19)11-6-10(16)5-9-3-4-20-12(9)11;1-2/h5-6H,3-4,7-8H2,1-2H3;1-2H3/t14-;/m0./s1. The van der Waals surface area contributed by atoms with Gasteiger partial charge in [-0.3, -0.25) is 0 Å². The van der Waals surface area contributed by atoms with Gasteiger partial charge in [0.05, 0.1) is 13.2 Å². The number of fused-ring (bicyclic) bond motifs is 1. The van der Waals surface area contributed by atoms with E-state index in [1.165, 1.54) is 12.1 Å². The predicted octanol–water partition coefficient (Wildman–Crippen LogP) is 4.79. The van der Waals surface area contributed by atoms with Crippen molar-refractivity contribution in [3.63, 3.8) is 0 Å². The van der Waals surface area contributed by atoms with Crippen molar-refractivity contribution in [1.82, 2.24) is 0 Å². The molecule has 0 spiro atoms. The summed E-state index contributed by atoms with van der Waals surface area (Å²) < 4.78 is 63.1. The summed E-state index contributed by atoms with van der Waals surface area (Å²) in [6.07, 6.45) is -4.08. The van der Waals surface area contributed by atoms with E-state index in [0.29, 0.717) is 24.3 Å². The van der Waals surface area contributed by atoms with Crippen molar-refractivity contribution in [2.45, 2.75) is 57.7 Å². The maximum atomic E-state index is 13.7. The average Bonchev–Trinajstić information content (AvgIpc) is 3.09. The molecule has 23 heavy (non-hydrogen) atoms. The van der Waals surface area contributed by atoms with Crippen LogP contribution >= 0.6 is 0 Å². The highest BCUT2D eigenvalue weighted by Crippen LogP contribution is 2.52. The van der Waals surface area contributed by atoms with Crippen molar-refractivity contribution >= 4 is 0 Å². The fraction of sp³-hybridized carbons (Fsp3) is 0.647. The third kappa shape index (κ3) is 3.32. The maximum absolute atomic E-state index is 13.7. The second-order valence-electron chi connectivity index (χ2n) is 6.38. The fourth-order valence-corrected chi connectivity index (χ4v) is 3.03. The molecular weight excluding hydrogens is 312 g/mol. The monoisotopic (exact) mass is 334 g/mol. The van der Waals surface area contributed by atoms with Crippen LogP contribution in [0.15, 0.2) is 12.1 Å². The van der Waals surface area contributed by atoms with Crippen molar-refractivity contribution in [2.24, 2.45) is 0 Å². The number of rotatable bonds is 3. The number of hydrogen-bond acceptors (Lipinski definition) is 2. The van der Waals surface area contributed by atoms with Crippen LogP contribution in [0.1, 0.15) is 45.2 Å². The van der Waals surface area contributed by atoms with E-state index in [9.17, 15) is 17.6 Å². The Hall–Kier alpha value is -1.30. The van der Waals surface area contributed by atoms with Gasteiger partial charge >= 0.3 is 6.18 Å². The van der Waals surface area contributed by atoms with Crippen LogP contribution in [0, 0.1) is 5.82 Å². The SMILES string of the molecule is CC.CC(C)(C[C@@]1(C(F)(F)F)CO1)c1cc(F)cc2c1OCC2. The molecule has 0 saturated carbocycles. The van der Waals surface area contributed by atoms with Crippen molar-refractivity contribution in [3.8, 4) is 5.75 Å². The van der Waals surface area contributed by atoms with Gasteiger partial charge in [0, 0.05) is 17.5 Å². The minimum atomic E-state index is -4.42. The molecule has 0 radical (unpaired) electrons. The normalized spacial score (nSPS) is 22.8. The second kappa shape index (κ2) is 5.96. The van der Waals surface area contributed by atoms with Crippen LogP contribution in [0.25, 0.3) is 0 Å². The zero-order chi connectivity index (χ0) is 17.5. The van der Waals surface area contributed by atoms with Gasteiger partial charge in [-0.2, -0.15) is 13.2 Å². The van der Waals surface area contributed by atoms with Crippen LogP contribution in [-0.4, -0.2) is 25.0 Å². The number of alkyl halides is 3. The minimum absolute atomic E-state index is 0.247. The average molecular weight is 334 g/mol. The van der Waals surface area contributed by atoms with Crippen LogP contribution in [0.2, 0.25) is 0 Å². The highest BCUT2D eigenvalue weighted by molar-refractivity contribution is 5.48. The summed E-state index contributed by atoms with van der Waals surface area (Å²) in [5, 5.41) is 0. The number of hydrogen-bond donors (Lipinski definition) is 0. The molecule has 2 aliphatic heterocycles. The molecule has 0 N–H and O–H groups in total. The summed E-state index contributed by atoms with van der Waals surface area (Å²) in [4.78, 5) is 0. The Bertz CT molecular complexity index is 575. The molecule has 1 aromatic rings. The molecule has 0 aliphatic carbocycles. The molecule has 2 heterocycles. The first-order chi connectivity index (χ1) is 10.6. The van der Waals surface area contributed by atoms with Crippen LogP contribution in [0.4, 0.5) is 17.6 Å². The van der Waals surface area contributed by atoms with Crippen LogP contribution < -0.4 is 4.74 Å². The largest absolute Gasteiger partial charge is 0.493 e. The Kier molecular flexibility index (Phi) is 4.68. The van der Waals surface area contributed by atoms with Gasteiger partial charge in [0.2, 0.25) is 0 Å². The van der Waals surface area contributed by atoms with Crippen LogP contribution in [0.3, 0.4) is 0 Å². The number of benzene rings is 1. The number of halogens is 4. The first-order valence-electron chi connectivity index (χ1n) is 7.81. The highest BCUT2D eigenvalue weighted by Gasteiger charge is 2.67. The molecule has 0 aromatic heterocycles. The van der Waals surface area contributed by atoms with Gasteiger partial charge in [-0.05, 0) is 24.0 Å². The minimum Gasteiger partial charge on any atom is -0.493 e. The maximum Gasteiger partial charge on any atom is 0.419 e. The Morgan fingerprint density at radius 3 is 2.30 bits per heavy atom. The van der Waals surface area contributed by atoms with E-state index in [-0.39, 0.29) is 13.0 Å². The van der Waals surface area contributed by atoms with Gasteiger partial charge in [-0.25, -0.2) is 4.39 Å². The Morgan fingerprint density at radius 2 is 1.78 bits per heavy atom. The van der Waals surface area contributed by atoms with Gasteiger partial charge in [0.15, 0.2) is 5.60 Å². The summed E-state index contributed by atoms with van der Waals surface area (Å²) in [6.45, 7) is 7.43. The van der Waals surface area contributed by atoms with Crippen LogP contribution in [0.5, 0.6) is 5.75 Å². The zero-order valence-corrected chi connectivity index (χ0v) is 13.8. The third-order valence-corrected chi connectivity index (χ3v) is 4.21. The van der Waals surface area contributed by atoms with E-state index in [0.717, 1.165) is 5.56 Å². The summed E-state index contributed by atoms with van der Waals surface area (Å²) in [5.74, 6) is 0.0828. The van der Waals surface area contributed by atoms with Gasteiger partial charge in [0.1, 0.15) is 11.6 Å².